The van der Waals surface area contributed by atoms with E-state index in [-0.39, 0.29) is 30.1 Å². The van der Waals surface area contributed by atoms with Crippen LogP contribution in [0, 0.1) is 6.92 Å². The highest BCUT2D eigenvalue weighted by Crippen LogP contribution is 2.42. The Balaban J connectivity index is 1.82. The van der Waals surface area contributed by atoms with Gasteiger partial charge in [0.15, 0.2) is 11.5 Å². The first-order valence-corrected chi connectivity index (χ1v) is 12.7. The van der Waals surface area contributed by atoms with E-state index in [4.69, 9.17) is 18.9 Å². The van der Waals surface area contributed by atoms with E-state index in [0.29, 0.717) is 41.6 Å². The van der Waals surface area contributed by atoms with Crippen molar-refractivity contribution in [3.63, 3.8) is 0 Å². The maximum absolute atomic E-state index is 13.4. The van der Waals surface area contributed by atoms with Crippen molar-refractivity contribution in [3.8, 4) is 17.2 Å². The molecule has 0 bridgehead atoms. The van der Waals surface area contributed by atoms with Gasteiger partial charge in [-0.25, -0.2) is 0 Å². The first kappa shape index (κ1) is 26.5. The van der Waals surface area contributed by atoms with E-state index in [1.807, 2.05) is 27.7 Å². The van der Waals surface area contributed by atoms with Gasteiger partial charge in [-0.3, -0.25) is 9.59 Å². The number of aliphatic hydroxyl groups is 1. The van der Waals surface area contributed by atoms with Crippen molar-refractivity contribution < 1.29 is 33.6 Å². The Kier molecular flexibility index (Phi) is 8.07. The lowest BCUT2D eigenvalue weighted by Crippen LogP contribution is -2.36. The van der Waals surface area contributed by atoms with Crippen molar-refractivity contribution in [1.29, 1.82) is 0 Å². The van der Waals surface area contributed by atoms with Gasteiger partial charge in [0.1, 0.15) is 11.5 Å². The predicted molar refractivity (Wildman–Crippen MR) is 139 cm³/mol. The zero-order valence-electron chi connectivity index (χ0n) is 22.1. The molecule has 8 nitrogen and oxygen atoms in total. The van der Waals surface area contributed by atoms with E-state index in [1.165, 1.54) is 12.0 Å². The number of carbonyl (C=O) groups is 2. The smallest absolute Gasteiger partial charge is 0.295 e. The topological polar surface area (TPSA) is 94.5 Å². The van der Waals surface area contributed by atoms with E-state index in [0.717, 1.165) is 18.4 Å². The van der Waals surface area contributed by atoms with Gasteiger partial charge in [0.2, 0.25) is 0 Å². The third-order valence-electron chi connectivity index (χ3n) is 6.58. The molecule has 0 aliphatic carbocycles. The fraction of sp³-hybridized carbons (Fsp3) is 0.448. The number of amides is 1. The maximum atomic E-state index is 13.4. The number of nitrogens with zero attached hydrogens (tertiary/aromatic N) is 1. The molecule has 0 saturated carbocycles. The molecule has 0 spiro atoms. The van der Waals surface area contributed by atoms with E-state index >= 15 is 0 Å². The molecule has 198 valence electrons. The molecule has 2 aromatic carbocycles. The molecule has 8 heteroatoms. The van der Waals surface area contributed by atoms with Gasteiger partial charge in [-0.15, -0.1) is 0 Å². The minimum atomic E-state index is -0.805. The predicted octanol–water partition coefficient (Wildman–Crippen LogP) is 4.79. The highest BCUT2D eigenvalue weighted by molar-refractivity contribution is 6.46. The molecule has 2 saturated heterocycles. The summed E-state index contributed by atoms with van der Waals surface area (Å²) in [4.78, 5) is 28.2. The lowest BCUT2D eigenvalue weighted by atomic mass is 9.94. The van der Waals surface area contributed by atoms with Crippen LogP contribution in [0.4, 0.5) is 0 Å². The molecule has 2 heterocycles. The van der Waals surface area contributed by atoms with Crippen LogP contribution in [0.1, 0.15) is 56.3 Å². The molecule has 2 fully saturated rings. The summed E-state index contributed by atoms with van der Waals surface area (Å²) in [6.45, 7) is 8.97. The number of likely N-dealkylation sites (tertiary alicyclic amines) is 1. The van der Waals surface area contributed by atoms with Gasteiger partial charge in [-0.05, 0) is 82.0 Å². The molecule has 0 radical (unpaired) electrons. The Bertz CT molecular complexity index is 1200. The quantitative estimate of drug-likeness (QED) is 0.295. The van der Waals surface area contributed by atoms with Crippen LogP contribution in [0.15, 0.2) is 42.0 Å². The van der Waals surface area contributed by atoms with Crippen molar-refractivity contribution in [3.05, 3.63) is 58.7 Å². The molecule has 1 N–H and O–H groups in total. The summed E-state index contributed by atoms with van der Waals surface area (Å²) in [5.41, 5.74) is 1.92. The van der Waals surface area contributed by atoms with Crippen LogP contribution >= 0.6 is 0 Å². The van der Waals surface area contributed by atoms with E-state index in [1.54, 1.807) is 36.4 Å². The Morgan fingerprint density at radius 3 is 2.51 bits per heavy atom. The summed E-state index contributed by atoms with van der Waals surface area (Å²) in [7, 11) is 1.54. The maximum Gasteiger partial charge on any atom is 0.295 e. The summed E-state index contributed by atoms with van der Waals surface area (Å²) in [6.07, 6.45) is 1.54. The van der Waals surface area contributed by atoms with Gasteiger partial charge < -0.3 is 29.0 Å². The minimum absolute atomic E-state index is 0.00378. The number of rotatable bonds is 9. The largest absolute Gasteiger partial charge is 0.507 e. The number of Topliss-reactive ketones (excluding diaryl/α,β-unsaturated/α-hetero) is 1. The van der Waals surface area contributed by atoms with Crippen LogP contribution in [-0.2, 0) is 14.3 Å². The van der Waals surface area contributed by atoms with E-state index in [2.05, 4.69) is 0 Å². The molecular weight excluding hydrogens is 474 g/mol. The van der Waals surface area contributed by atoms with E-state index < -0.39 is 17.7 Å². The van der Waals surface area contributed by atoms with Crippen LogP contribution in [-0.4, -0.2) is 60.8 Å². The van der Waals surface area contributed by atoms with Crippen LogP contribution < -0.4 is 14.2 Å². The molecule has 2 aliphatic rings. The first-order chi connectivity index (χ1) is 17.7. The summed E-state index contributed by atoms with van der Waals surface area (Å²) < 4.78 is 22.8. The summed E-state index contributed by atoms with van der Waals surface area (Å²) in [5.74, 6) is 0.109. The van der Waals surface area contributed by atoms with E-state index in [9.17, 15) is 14.7 Å². The van der Waals surface area contributed by atoms with Crippen LogP contribution in [0.25, 0.3) is 5.76 Å². The van der Waals surface area contributed by atoms with Crippen LogP contribution in [0.3, 0.4) is 0 Å². The highest BCUT2D eigenvalue weighted by Gasteiger charge is 2.47. The summed E-state index contributed by atoms with van der Waals surface area (Å²) >= 11 is 0. The third-order valence-corrected chi connectivity index (χ3v) is 6.58. The van der Waals surface area contributed by atoms with Crippen molar-refractivity contribution in [2.24, 2.45) is 0 Å². The molecule has 2 atom stereocenters. The number of hydrogen-bond acceptors (Lipinski definition) is 7. The number of carbonyl (C=O) groups excluding carboxylic acids is 2. The Labute approximate surface area is 217 Å². The van der Waals surface area contributed by atoms with Gasteiger partial charge in [-0.1, -0.05) is 6.07 Å². The lowest BCUT2D eigenvalue weighted by Gasteiger charge is -2.28. The van der Waals surface area contributed by atoms with Crippen molar-refractivity contribution in [2.45, 2.75) is 58.8 Å². The van der Waals surface area contributed by atoms with Gasteiger partial charge in [0.25, 0.3) is 11.7 Å². The number of benzene rings is 2. The Hall–Kier alpha value is -3.52. The molecule has 1 amide bonds. The average molecular weight is 510 g/mol. The number of aliphatic hydroxyl groups excluding tert-OH is 1. The normalized spacial score (nSPS) is 21.1. The summed E-state index contributed by atoms with van der Waals surface area (Å²) in [6, 6.07) is 9.72. The molecule has 0 aromatic heterocycles. The number of ketones is 1. The minimum Gasteiger partial charge on any atom is -0.507 e. The SMILES string of the molecule is CCOc1ccc(C2/C(=C(/O)c3ccc(OC(C)C)c(C)c3)C(=O)C(=O)N2CC2CCCO2)cc1OC. The van der Waals surface area contributed by atoms with Gasteiger partial charge in [0, 0.05) is 18.7 Å². The molecule has 37 heavy (non-hydrogen) atoms. The first-order valence-electron chi connectivity index (χ1n) is 12.7. The molecule has 2 aliphatic heterocycles. The third kappa shape index (κ3) is 5.44. The second-order valence-electron chi connectivity index (χ2n) is 9.58. The fourth-order valence-corrected chi connectivity index (χ4v) is 4.89. The number of ether oxygens (including phenoxy) is 4. The lowest BCUT2D eigenvalue weighted by molar-refractivity contribution is -0.140. The van der Waals surface area contributed by atoms with Crippen LogP contribution in [0.2, 0.25) is 0 Å². The second kappa shape index (κ2) is 11.3. The second-order valence-corrected chi connectivity index (χ2v) is 9.58. The van der Waals surface area contributed by atoms with Crippen molar-refractivity contribution in [2.75, 3.05) is 26.9 Å². The average Bonchev–Trinajstić information content (AvgIpc) is 3.47. The Morgan fingerprint density at radius 1 is 1.14 bits per heavy atom. The van der Waals surface area contributed by atoms with Gasteiger partial charge in [-0.2, -0.15) is 0 Å². The molecular formula is C29H35NO7. The van der Waals surface area contributed by atoms with Crippen LogP contribution in [0.5, 0.6) is 17.2 Å². The summed E-state index contributed by atoms with van der Waals surface area (Å²) in [5, 5.41) is 11.4. The number of hydrogen-bond donors (Lipinski definition) is 1. The number of methoxy groups -OCH3 is 1. The zero-order chi connectivity index (χ0) is 26.7. The highest BCUT2D eigenvalue weighted by atomic mass is 16.5. The molecule has 2 aromatic rings. The van der Waals surface area contributed by atoms with Gasteiger partial charge in [0.05, 0.1) is 37.5 Å². The zero-order valence-corrected chi connectivity index (χ0v) is 22.1. The van der Waals surface area contributed by atoms with Crippen molar-refractivity contribution in [1.82, 2.24) is 4.90 Å². The Morgan fingerprint density at radius 2 is 1.89 bits per heavy atom. The van der Waals surface area contributed by atoms with Crippen molar-refractivity contribution >= 4 is 17.4 Å². The fourth-order valence-electron chi connectivity index (χ4n) is 4.89. The molecule has 2 unspecified atom stereocenters. The number of aryl methyl sites for hydroxylation is 1. The monoisotopic (exact) mass is 509 g/mol. The molecule has 4 rings (SSSR count). The standard InChI is InChI=1S/C29H35NO7/c1-6-35-23-12-9-19(15-24(23)34-5)26-25(28(32)29(33)30(26)16-21-8-7-13-36-21)27(31)20-10-11-22(18(4)14-20)37-17(2)3/h9-12,14-15,17,21,26,31H,6-8,13,16H2,1-5H3/b27-25-. The van der Waals surface area contributed by atoms with Gasteiger partial charge >= 0.3 is 0 Å².